The molecule has 10 heavy (non-hydrogen) atoms. The Morgan fingerprint density at radius 1 is 0.800 bits per heavy atom. The van der Waals surface area contributed by atoms with Crippen molar-refractivity contribution in [3.8, 4) is 0 Å². The van der Waals surface area contributed by atoms with Gasteiger partial charge in [-0.15, -0.1) is 0 Å². The van der Waals surface area contributed by atoms with E-state index in [1.807, 2.05) is 0 Å². The van der Waals surface area contributed by atoms with Crippen LogP contribution in [0.4, 0.5) is 0 Å². The maximum atomic E-state index is 3.11. The van der Waals surface area contributed by atoms with E-state index in [0.29, 0.717) is 0 Å². The Bertz CT molecular complexity index is 52.1. The lowest BCUT2D eigenvalue weighted by Crippen LogP contribution is -2.29. The van der Waals surface area contributed by atoms with Crippen LogP contribution in [0, 0.1) is 0 Å². The van der Waals surface area contributed by atoms with Crippen LogP contribution in [0.5, 0.6) is 0 Å². The van der Waals surface area contributed by atoms with Gasteiger partial charge in [0.05, 0.1) is 0 Å². The highest BCUT2D eigenvalue weighted by Gasteiger charge is 1.95. The molecule has 0 unspecified atom stereocenters. The molecule has 2 heterocycles. The summed E-state index contributed by atoms with van der Waals surface area (Å²) in [6, 6.07) is 0. The average molecular weight is 159 g/mol. The fourth-order valence-corrected chi connectivity index (χ4v) is 1.88. The first-order valence-electron chi connectivity index (χ1n) is 4.28. The number of thioether (sulfide) groups is 1. The van der Waals surface area contributed by atoms with Gasteiger partial charge in [-0.3, -0.25) is 0 Å². The minimum Gasteiger partial charge on any atom is -0.317 e. The maximum Gasteiger partial charge on any atom is -0.00368 e. The summed E-state index contributed by atoms with van der Waals surface area (Å²) in [5, 5.41) is 3.11. The molecule has 0 amide bonds. The van der Waals surface area contributed by atoms with Crippen molar-refractivity contribution in [3.63, 3.8) is 0 Å². The Balaban J connectivity index is 0.000000108. The second kappa shape index (κ2) is 6.05. The van der Waals surface area contributed by atoms with Gasteiger partial charge in [0.2, 0.25) is 0 Å². The van der Waals surface area contributed by atoms with E-state index in [4.69, 9.17) is 0 Å². The zero-order valence-corrected chi connectivity index (χ0v) is 7.38. The Morgan fingerprint density at radius 3 is 1.40 bits per heavy atom. The van der Waals surface area contributed by atoms with E-state index in [-0.39, 0.29) is 0 Å². The zero-order valence-electron chi connectivity index (χ0n) is 6.57. The molecular weight excluding hydrogens is 142 g/mol. The van der Waals surface area contributed by atoms with Gasteiger partial charge in [-0.1, -0.05) is 6.42 Å². The Hall–Kier alpha value is 0.310. The van der Waals surface area contributed by atoms with E-state index >= 15 is 0 Å². The number of hydrogen-bond acceptors (Lipinski definition) is 2. The molecule has 0 spiro atoms. The molecule has 0 atom stereocenters. The van der Waals surface area contributed by atoms with E-state index in [1.54, 1.807) is 0 Å². The lowest BCUT2D eigenvalue weighted by molar-refractivity contribution is 0.527. The highest BCUT2D eigenvalue weighted by Crippen LogP contribution is 2.14. The summed E-state index contributed by atoms with van der Waals surface area (Å²) in [6.45, 7) is 2.50. The highest BCUT2D eigenvalue weighted by atomic mass is 32.2. The predicted molar refractivity (Wildman–Crippen MR) is 48.7 cm³/mol. The van der Waals surface area contributed by atoms with Gasteiger partial charge in [-0.25, -0.2) is 0 Å². The zero-order chi connectivity index (χ0) is 7.07. The number of nitrogens with one attached hydrogen (secondary N) is 1. The first-order chi connectivity index (χ1) is 5.00. The molecule has 0 saturated carbocycles. The minimum absolute atomic E-state index is 1.25. The summed E-state index contributed by atoms with van der Waals surface area (Å²) in [5.41, 5.74) is 0. The molecule has 2 aliphatic rings. The molecule has 0 aromatic heterocycles. The SMILES string of the molecule is C1CCSCC1.C1CNC1. The first kappa shape index (κ1) is 8.41. The van der Waals surface area contributed by atoms with Crippen molar-refractivity contribution in [1.82, 2.24) is 5.32 Å². The highest BCUT2D eigenvalue weighted by molar-refractivity contribution is 7.99. The second-order valence-electron chi connectivity index (χ2n) is 2.78. The van der Waals surface area contributed by atoms with E-state index < -0.39 is 0 Å². The second-order valence-corrected chi connectivity index (χ2v) is 4.00. The molecule has 2 saturated heterocycles. The van der Waals surface area contributed by atoms with E-state index in [1.165, 1.54) is 50.3 Å². The third-order valence-corrected chi connectivity index (χ3v) is 2.94. The Morgan fingerprint density at radius 2 is 1.30 bits per heavy atom. The van der Waals surface area contributed by atoms with Crippen LogP contribution in [0.3, 0.4) is 0 Å². The summed E-state index contributed by atoms with van der Waals surface area (Å²) < 4.78 is 0. The van der Waals surface area contributed by atoms with Crippen molar-refractivity contribution in [3.05, 3.63) is 0 Å². The molecule has 2 fully saturated rings. The molecule has 1 N–H and O–H groups in total. The topological polar surface area (TPSA) is 12.0 Å². The van der Waals surface area contributed by atoms with Crippen LogP contribution in [0.15, 0.2) is 0 Å². The van der Waals surface area contributed by atoms with Crippen LogP contribution < -0.4 is 5.32 Å². The van der Waals surface area contributed by atoms with Crippen LogP contribution in [0.2, 0.25) is 0 Å². The maximum absolute atomic E-state index is 3.11. The van der Waals surface area contributed by atoms with Gasteiger partial charge in [0.1, 0.15) is 0 Å². The lowest BCUT2D eigenvalue weighted by atomic mass is 10.3. The van der Waals surface area contributed by atoms with Crippen LogP contribution in [-0.2, 0) is 0 Å². The van der Waals surface area contributed by atoms with Crippen molar-refractivity contribution < 1.29 is 0 Å². The van der Waals surface area contributed by atoms with Gasteiger partial charge in [0.15, 0.2) is 0 Å². The molecule has 1 nitrogen and oxygen atoms in total. The average Bonchev–Trinajstić information content (AvgIpc) is 1.88. The van der Waals surface area contributed by atoms with Gasteiger partial charge < -0.3 is 5.32 Å². The third-order valence-electron chi connectivity index (χ3n) is 1.78. The third kappa shape index (κ3) is 4.18. The predicted octanol–water partition coefficient (Wildman–Crippen LogP) is 1.88. The smallest absolute Gasteiger partial charge is 0.00368 e. The first-order valence-corrected chi connectivity index (χ1v) is 5.44. The van der Waals surface area contributed by atoms with Crippen LogP contribution >= 0.6 is 11.8 Å². The van der Waals surface area contributed by atoms with Crippen molar-refractivity contribution in [1.29, 1.82) is 0 Å². The van der Waals surface area contributed by atoms with Crippen LogP contribution in [0.25, 0.3) is 0 Å². The summed E-state index contributed by atoms with van der Waals surface area (Å²) in [4.78, 5) is 0. The van der Waals surface area contributed by atoms with Crippen molar-refractivity contribution in [2.24, 2.45) is 0 Å². The normalized spacial score (nSPS) is 24.0. The van der Waals surface area contributed by atoms with Crippen LogP contribution in [0.1, 0.15) is 25.7 Å². The van der Waals surface area contributed by atoms with Gasteiger partial charge >= 0.3 is 0 Å². The van der Waals surface area contributed by atoms with Gasteiger partial charge in [0.25, 0.3) is 0 Å². The molecular formula is C8H17NS. The van der Waals surface area contributed by atoms with E-state index in [0.717, 1.165) is 0 Å². The summed E-state index contributed by atoms with van der Waals surface area (Å²) >= 11 is 2.09. The van der Waals surface area contributed by atoms with E-state index in [9.17, 15) is 0 Å². The van der Waals surface area contributed by atoms with E-state index in [2.05, 4.69) is 17.1 Å². The molecule has 2 aliphatic heterocycles. The summed E-state index contributed by atoms with van der Waals surface area (Å²) in [7, 11) is 0. The van der Waals surface area contributed by atoms with Crippen molar-refractivity contribution in [2.75, 3.05) is 24.6 Å². The van der Waals surface area contributed by atoms with Crippen molar-refractivity contribution >= 4 is 11.8 Å². The molecule has 0 aromatic carbocycles. The molecule has 0 aromatic rings. The number of hydrogen-bond donors (Lipinski definition) is 1. The minimum atomic E-state index is 1.25. The fraction of sp³-hybridized carbons (Fsp3) is 1.00. The summed E-state index contributed by atoms with van der Waals surface area (Å²) in [5.74, 6) is 2.83. The standard InChI is InChI=1S/C5H10S.C3H7N/c1-2-4-6-5-3-1;1-2-4-3-1/h1-5H2;4H,1-3H2. The Kier molecular flexibility index (Phi) is 5.08. The molecule has 2 rings (SSSR count). The molecule has 0 radical (unpaired) electrons. The van der Waals surface area contributed by atoms with Crippen LogP contribution in [-0.4, -0.2) is 24.6 Å². The Labute approximate surface area is 68.0 Å². The van der Waals surface area contributed by atoms with Crippen molar-refractivity contribution in [2.45, 2.75) is 25.7 Å². The van der Waals surface area contributed by atoms with Gasteiger partial charge in [-0.05, 0) is 43.9 Å². The molecule has 2 heteroatoms. The van der Waals surface area contributed by atoms with Gasteiger partial charge in [-0.2, -0.15) is 11.8 Å². The molecule has 0 aliphatic carbocycles. The molecule has 0 bridgehead atoms. The van der Waals surface area contributed by atoms with Gasteiger partial charge in [0, 0.05) is 0 Å². The monoisotopic (exact) mass is 159 g/mol. The quantitative estimate of drug-likeness (QED) is 0.579. The number of rotatable bonds is 0. The lowest BCUT2D eigenvalue weighted by Gasteiger charge is -2.09. The fourth-order valence-electron chi connectivity index (χ4n) is 0.864. The molecule has 60 valence electrons. The largest absolute Gasteiger partial charge is 0.317 e. The summed E-state index contributed by atoms with van der Waals surface area (Å²) in [6.07, 6.45) is 5.79.